The number of amides is 1. The molecule has 0 fully saturated rings. The first-order chi connectivity index (χ1) is 7.20. The maximum absolute atomic E-state index is 10.9. The van der Waals surface area contributed by atoms with Crippen molar-refractivity contribution in [1.29, 1.82) is 0 Å². The lowest BCUT2D eigenvalue weighted by molar-refractivity contribution is -0.140. The van der Waals surface area contributed by atoms with Crippen LogP contribution in [0.15, 0.2) is 24.3 Å². The lowest BCUT2D eigenvalue weighted by atomic mass is 9.99. The van der Waals surface area contributed by atoms with Crippen LogP contribution in [0.5, 0.6) is 0 Å². The van der Waals surface area contributed by atoms with E-state index in [1.807, 2.05) is 19.1 Å². The molecule has 0 heterocycles. The standard InChI is InChI=1S/C11H13NO3/c1-2-8-5-3-4-6-9(8)10(11(14)15)12-7-13/h3-7,10H,2H2,1H3,(H,12,13)(H,14,15). The predicted molar refractivity (Wildman–Crippen MR) is 55.4 cm³/mol. The molecule has 0 saturated carbocycles. The molecule has 0 saturated heterocycles. The third-order valence-electron chi connectivity index (χ3n) is 2.23. The second kappa shape index (κ2) is 5.14. The molecule has 1 atom stereocenters. The first-order valence-corrected chi connectivity index (χ1v) is 4.71. The van der Waals surface area contributed by atoms with Gasteiger partial charge in [0.25, 0.3) is 0 Å². The fraction of sp³-hybridized carbons (Fsp3) is 0.273. The summed E-state index contributed by atoms with van der Waals surface area (Å²) in [6.07, 6.45) is 1.14. The number of aryl methyl sites for hydroxylation is 1. The van der Waals surface area contributed by atoms with Gasteiger partial charge in [-0.2, -0.15) is 0 Å². The van der Waals surface area contributed by atoms with E-state index in [9.17, 15) is 9.59 Å². The van der Waals surface area contributed by atoms with Crippen LogP contribution in [-0.2, 0) is 16.0 Å². The summed E-state index contributed by atoms with van der Waals surface area (Å²) in [5.41, 5.74) is 1.57. The monoisotopic (exact) mass is 207 g/mol. The van der Waals surface area contributed by atoms with Crippen LogP contribution < -0.4 is 5.32 Å². The minimum atomic E-state index is -1.05. The lowest BCUT2D eigenvalue weighted by Crippen LogP contribution is -2.28. The molecule has 4 heteroatoms. The van der Waals surface area contributed by atoms with Gasteiger partial charge in [0.2, 0.25) is 6.41 Å². The van der Waals surface area contributed by atoms with Gasteiger partial charge in [0, 0.05) is 0 Å². The van der Waals surface area contributed by atoms with Gasteiger partial charge in [0.1, 0.15) is 0 Å². The highest BCUT2D eigenvalue weighted by atomic mass is 16.4. The SMILES string of the molecule is CCc1ccccc1C(NC=O)C(=O)O. The number of carbonyl (C=O) groups excluding carboxylic acids is 1. The molecule has 1 rings (SSSR count). The molecule has 1 aromatic rings. The molecule has 0 radical (unpaired) electrons. The highest BCUT2D eigenvalue weighted by Gasteiger charge is 2.20. The van der Waals surface area contributed by atoms with Gasteiger partial charge in [0.15, 0.2) is 6.04 Å². The van der Waals surface area contributed by atoms with Gasteiger partial charge in [-0.05, 0) is 17.5 Å². The molecule has 4 nitrogen and oxygen atoms in total. The number of hydrogen-bond donors (Lipinski definition) is 2. The van der Waals surface area contributed by atoms with Gasteiger partial charge < -0.3 is 10.4 Å². The Morgan fingerprint density at radius 2 is 2.20 bits per heavy atom. The molecule has 1 amide bonds. The van der Waals surface area contributed by atoms with E-state index in [0.717, 1.165) is 12.0 Å². The Morgan fingerprint density at radius 1 is 1.53 bits per heavy atom. The maximum Gasteiger partial charge on any atom is 0.330 e. The molecule has 80 valence electrons. The van der Waals surface area contributed by atoms with Crippen molar-refractivity contribution < 1.29 is 14.7 Å². The number of nitrogens with one attached hydrogen (secondary N) is 1. The molecule has 1 unspecified atom stereocenters. The number of carbonyl (C=O) groups is 2. The van der Waals surface area contributed by atoms with Gasteiger partial charge in [-0.15, -0.1) is 0 Å². The summed E-state index contributed by atoms with van der Waals surface area (Å²) in [5, 5.41) is 11.2. The molecule has 2 N–H and O–H groups in total. The van der Waals surface area contributed by atoms with Crippen molar-refractivity contribution in [2.45, 2.75) is 19.4 Å². The zero-order valence-corrected chi connectivity index (χ0v) is 8.43. The third kappa shape index (κ3) is 2.56. The minimum absolute atomic E-state index is 0.408. The summed E-state index contributed by atoms with van der Waals surface area (Å²) in [4.78, 5) is 21.3. The first-order valence-electron chi connectivity index (χ1n) is 4.71. The van der Waals surface area contributed by atoms with Crippen LogP contribution in [0.4, 0.5) is 0 Å². The van der Waals surface area contributed by atoms with E-state index in [1.54, 1.807) is 12.1 Å². The maximum atomic E-state index is 10.9. The largest absolute Gasteiger partial charge is 0.479 e. The zero-order chi connectivity index (χ0) is 11.3. The molecule has 0 aromatic heterocycles. The van der Waals surface area contributed by atoms with Crippen LogP contribution in [0.1, 0.15) is 24.1 Å². The van der Waals surface area contributed by atoms with Crippen molar-refractivity contribution in [1.82, 2.24) is 5.32 Å². The number of carboxylic acids is 1. The van der Waals surface area contributed by atoms with Crippen molar-refractivity contribution in [3.63, 3.8) is 0 Å². The number of carboxylic acid groups (broad SMARTS) is 1. The van der Waals surface area contributed by atoms with Gasteiger partial charge in [-0.25, -0.2) is 4.79 Å². The summed E-state index contributed by atoms with van der Waals surface area (Å²) in [7, 11) is 0. The zero-order valence-electron chi connectivity index (χ0n) is 8.43. The molecule has 0 aliphatic rings. The second-order valence-corrected chi connectivity index (χ2v) is 3.11. The van der Waals surface area contributed by atoms with E-state index < -0.39 is 12.0 Å². The Bertz CT molecular complexity index is 363. The van der Waals surface area contributed by atoms with Crippen LogP contribution in [-0.4, -0.2) is 17.5 Å². The van der Waals surface area contributed by atoms with E-state index in [2.05, 4.69) is 5.32 Å². The van der Waals surface area contributed by atoms with Crippen molar-refractivity contribution in [2.75, 3.05) is 0 Å². The molecule has 0 aliphatic heterocycles. The van der Waals surface area contributed by atoms with E-state index >= 15 is 0 Å². The van der Waals surface area contributed by atoms with E-state index in [0.29, 0.717) is 12.0 Å². The summed E-state index contributed by atoms with van der Waals surface area (Å²) < 4.78 is 0. The number of rotatable bonds is 5. The van der Waals surface area contributed by atoms with Gasteiger partial charge >= 0.3 is 5.97 Å². The summed E-state index contributed by atoms with van der Waals surface area (Å²) >= 11 is 0. The molecule has 15 heavy (non-hydrogen) atoms. The Morgan fingerprint density at radius 3 is 2.73 bits per heavy atom. The van der Waals surface area contributed by atoms with Gasteiger partial charge in [-0.1, -0.05) is 31.2 Å². The average molecular weight is 207 g/mol. The predicted octanol–water partition coefficient (Wildman–Crippen LogP) is 1.12. The van der Waals surface area contributed by atoms with Crippen molar-refractivity contribution in [2.24, 2.45) is 0 Å². The Balaban J connectivity index is 3.09. The van der Waals surface area contributed by atoms with Crippen LogP contribution in [0, 0.1) is 0 Å². The molecule has 0 bridgehead atoms. The van der Waals surface area contributed by atoms with Crippen molar-refractivity contribution >= 4 is 12.4 Å². The average Bonchev–Trinajstić information content (AvgIpc) is 2.25. The normalized spacial score (nSPS) is 11.8. The summed E-state index contributed by atoms with van der Waals surface area (Å²) in [6.45, 7) is 1.94. The highest BCUT2D eigenvalue weighted by Crippen LogP contribution is 2.18. The lowest BCUT2D eigenvalue weighted by Gasteiger charge is -2.14. The second-order valence-electron chi connectivity index (χ2n) is 3.11. The third-order valence-corrected chi connectivity index (χ3v) is 2.23. The molecule has 0 spiro atoms. The van der Waals surface area contributed by atoms with E-state index in [4.69, 9.17) is 5.11 Å². The molecular formula is C11H13NO3. The fourth-order valence-electron chi connectivity index (χ4n) is 1.50. The van der Waals surface area contributed by atoms with Crippen LogP contribution in [0.25, 0.3) is 0 Å². The summed E-state index contributed by atoms with van der Waals surface area (Å²) in [5.74, 6) is -1.05. The Hall–Kier alpha value is -1.84. The Labute approximate surface area is 87.9 Å². The van der Waals surface area contributed by atoms with Crippen molar-refractivity contribution in [3.05, 3.63) is 35.4 Å². The van der Waals surface area contributed by atoms with Crippen LogP contribution in [0.2, 0.25) is 0 Å². The minimum Gasteiger partial charge on any atom is -0.479 e. The van der Waals surface area contributed by atoms with Crippen LogP contribution >= 0.6 is 0 Å². The Kier molecular flexibility index (Phi) is 3.85. The quantitative estimate of drug-likeness (QED) is 0.711. The summed E-state index contributed by atoms with van der Waals surface area (Å²) in [6, 6.07) is 6.23. The van der Waals surface area contributed by atoms with Gasteiger partial charge in [-0.3, -0.25) is 4.79 Å². The van der Waals surface area contributed by atoms with E-state index in [1.165, 1.54) is 0 Å². The molecular weight excluding hydrogens is 194 g/mol. The van der Waals surface area contributed by atoms with Gasteiger partial charge in [0.05, 0.1) is 0 Å². The van der Waals surface area contributed by atoms with Crippen molar-refractivity contribution in [3.8, 4) is 0 Å². The van der Waals surface area contributed by atoms with E-state index in [-0.39, 0.29) is 0 Å². The number of hydrogen-bond acceptors (Lipinski definition) is 2. The number of aliphatic carboxylic acids is 1. The smallest absolute Gasteiger partial charge is 0.330 e. The molecule has 1 aromatic carbocycles. The first kappa shape index (κ1) is 11.2. The fourth-order valence-corrected chi connectivity index (χ4v) is 1.50. The van der Waals surface area contributed by atoms with Crippen LogP contribution in [0.3, 0.4) is 0 Å². The molecule has 0 aliphatic carbocycles. The topological polar surface area (TPSA) is 66.4 Å². The highest BCUT2D eigenvalue weighted by molar-refractivity contribution is 5.78. The number of benzene rings is 1.